The fraction of sp³-hybridized carbons (Fsp3) is 0.0667. The van der Waals surface area contributed by atoms with E-state index in [0.717, 1.165) is 11.3 Å². The lowest BCUT2D eigenvalue weighted by Crippen LogP contribution is -2.26. The summed E-state index contributed by atoms with van der Waals surface area (Å²) in [6.45, 7) is 1.21. The smallest absolute Gasteiger partial charge is 0.485 e. The molecule has 1 aliphatic carbocycles. The molecule has 0 spiro atoms. The Morgan fingerprint density at radius 3 is 2.74 bits per heavy atom. The molecule has 0 bridgehead atoms. The molecule has 19 heavy (non-hydrogen) atoms. The zero-order chi connectivity index (χ0) is 13.2. The van der Waals surface area contributed by atoms with Crippen LogP contribution in [-0.2, 0) is 4.79 Å². The zero-order valence-corrected chi connectivity index (χ0v) is 10.3. The number of allylic oxidation sites excluding steroid dienone is 1. The second-order valence-corrected chi connectivity index (χ2v) is 4.09. The fourth-order valence-electron chi connectivity index (χ4n) is 1.86. The summed E-state index contributed by atoms with van der Waals surface area (Å²) in [7, 11) is 1.61. The summed E-state index contributed by atoms with van der Waals surface area (Å²) in [6, 6.07) is 7.46. The number of benzene rings is 1. The Morgan fingerprint density at radius 2 is 2.00 bits per heavy atom. The molecule has 0 saturated carbocycles. The molecule has 0 fully saturated rings. The van der Waals surface area contributed by atoms with Crippen LogP contribution in [0, 0.1) is 0 Å². The van der Waals surface area contributed by atoms with Crippen molar-refractivity contribution in [3.8, 4) is 5.75 Å². The number of Topliss-reactive ketones (excluding diaryl/α,β-unsaturated/α-hetero) is 1. The minimum absolute atomic E-state index is 0.103. The molecule has 0 saturated heterocycles. The highest BCUT2D eigenvalue weighted by Crippen LogP contribution is 2.15. The molecule has 0 N–H and O–H groups in total. The van der Waals surface area contributed by atoms with Crippen molar-refractivity contribution in [1.29, 1.82) is 0 Å². The molecule has 1 aromatic carbocycles. The van der Waals surface area contributed by atoms with Crippen molar-refractivity contribution >= 4 is 24.0 Å². The average molecular weight is 255 g/mol. The van der Waals surface area contributed by atoms with Gasteiger partial charge in [-0.05, 0) is 23.8 Å². The number of ether oxygens (including phenoxy) is 1. The Morgan fingerprint density at radius 1 is 1.21 bits per heavy atom. The van der Waals surface area contributed by atoms with Crippen molar-refractivity contribution in [3.63, 3.8) is 0 Å². The quantitative estimate of drug-likeness (QED) is 0.601. The molecule has 1 aromatic heterocycles. The molecule has 3 rings (SSSR count). The first kappa shape index (κ1) is 11.5. The number of hydrogen-bond donors (Lipinski definition) is 0. The van der Waals surface area contributed by atoms with Crippen molar-refractivity contribution in [2.75, 3.05) is 7.11 Å². The van der Waals surface area contributed by atoms with Gasteiger partial charge in [0.2, 0.25) is 0 Å². The lowest BCUT2D eigenvalue weighted by atomic mass is 10.0. The number of methoxy groups -OCH3 is 1. The van der Waals surface area contributed by atoms with E-state index in [2.05, 4.69) is 0 Å². The van der Waals surface area contributed by atoms with Gasteiger partial charge in [0.05, 0.1) is 13.2 Å². The summed E-state index contributed by atoms with van der Waals surface area (Å²) in [5.74, 6) is 0.674. The molecule has 0 atom stereocenters. The standard InChI is InChI=1S/C15H11O4/c1-17-12-4-2-10(3-5-12)6-11-7-14-15(8-13(11)16)19-9-18-14/h2-9H,1H3/q+1/b11-6+. The van der Waals surface area contributed by atoms with Gasteiger partial charge in [0.15, 0.2) is 5.78 Å². The first-order valence-corrected chi connectivity index (χ1v) is 5.75. The van der Waals surface area contributed by atoms with Gasteiger partial charge in [-0.25, -0.2) is 0 Å². The molecular formula is C15H11O4+. The Labute approximate surface area is 108 Å². The minimum Gasteiger partial charge on any atom is -0.497 e. The number of hydrogen-bond acceptors (Lipinski definition) is 3. The van der Waals surface area contributed by atoms with Crippen LogP contribution in [0.1, 0.15) is 5.56 Å². The van der Waals surface area contributed by atoms with Crippen LogP contribution in [0.2, 0.25) is 0 Å². The first-order valence-electron chi connectivity index (χ1n) is 5.75. The summed E-state index contributed by atoms with van der Waals surface area (Å²) < 4.78 is 15.3. The SMILES string of the molecule is COc1ccc(/C=C2\C=c3oc[o+]c3=CC2=O)cc1. The van der Waals surface area contributed by atoms with Gasteiger partial charge in [0.25, 0.3) is 0 Å². The van der Waals surface area contributed by atoms with Crippen LogP contribution in [0.4, 0.5) is 0 Å². The number of ketones is 1. The lowest BCUT2D eigenvalue weighted by Gasteiger charge is -2.01. The maximum Gasteiger partial charge on any atom is 0.485 e. The van der Waals surface area contributed by atoms with Crippen molar-refractivity contribution < 1.29 is 18.4 Å². The van der Waals surface area contributed by atoms with E-state index in [1.165, 1.54) is 12.5 Å². The van der Waals surface area contributed by atoms with Gasteiger partial charge in [-0.1, -0.05) is 12.1 Å². The molecule has 4 heteroatoms. The van der Waals surface area contributed by atoms with Gasteiger partial charge in [0, 0.05) is 11.6 Å². The number of carbonyl (C=O) groups excluding carboxylic acids is 1. The third-order valence-corrected chi connectivity index (χ3v) is 2.86. The van der Waals surface area contributed by atoms with Crippen LogP contribution in [0.5, 0.6) is 5.75 Å². The highest BCUT2D eigenvalue weighted by Gasteiger charge is 2.17. The topological polar surface area (TPSA) is 50.7 Å². The van der Waals surface area contributed by atoms with Gasteiger partial charge in [0.1, 0.15) is 5.75 Å². The van der Waals surface area contributed by atoms with Crippen LogP contribution in [0.15, 0.2) is 45.1 Å². The summed E-state index contributed by atoms with van der Waals surface area (Å²) in [5, 5.41) is 0. The van der Waals surface area contributed by atoms with E-state index in [0.29, 0.717) is 16.4 Å². The molecule has 4 nitrogen and oxygen atoms in total. The highest BCUT2D eigenvalue weighted by atomic mass is 16.5. The molecule has 0 unspecified atom stereocenters. The maximum absolute atomic E-state index is 11.9. The summed E-state index contributed by atoms with van der Waals surface area (Å²) in [5.41, 5.74) is 2.49. The molecular weight excluding hydrogens is 244 g/mol. The van der Waals surface area contributed by atoms with Crippen molar-refractivity contribution in [2.45, 2.75) is 0 Å². The summed E-state index contributed by atoms with van der Waals surface area (Å²) in [6.07, 6.45) is 4.89. The lowest BCUT2D eigenvalue weighted by molar-refractivity contribution is -0.109. The molecule has 1 heterocycles. The van der Waals surface area contributed by atoms with Crippen LogP contribution in [0.3, 0.4) is 0 Å². The van der Waals surface area contributed by atoms with Crippen LogP contribution >= 0.6 is 0 Å². The molecule has 1 aliphatic rings. The molecule has 0 amide bonds. The number of rotatable bonds is 2. The van der Waals surface area contributed by atoms with E-state index in [9.17, 15) is 4.79 Å². The summed E-state index contributed by atoms with van der Waals surface area (Å²) in [4.78, 5) is 11.9. The molecule has 0 aliphatic heterocycles. The predicted molar refractivity (Wildman–Crippen MR) is 69.5 cm³/mol. The minimum atomic E-state index is -0.103. The molecule has 2 aromatic rings. The Hall–Kier alpha value is -2.62. The molecule has 0 radical (unpaired) electrons. The summed E-state index contributed by atoms with van der Waals surface area (Å²) >= 11 is 0. The number of fused-ring (bicyclic) bond motifs is 1. The van der Waals surface area contributed by atoms with E-state index in [1.54, 1.807) is 19.3 Å². The van der Waals surface area contributed by atoms with E-state index < -0.39 is 0 Å². The Balaban J connectivity index is 2.02. The van der Waals surface area contributed by atoms with Gasteiger partial charge in [-0.15, -0.1) is 0 Å². The van der Waals surface area contributed by atoms with Crippen LogP contribution < -0.4 is 15.6 Å². The monoisotopic (exact) mass is 255 g/mol. The van der Waals surface area contributed by atoms with Gasteiger partial charge in [-0.3, -0.25) is 13.6 Å². The Kier molecular flexibility index (Phi) is 2.76. The largest absolute Gasteiger partial charge is 0.497 e. The first-order chi connectivity index (χ1) is 9.26. The highest BCUT2D eigenvalue weighted by molar-refractivity contribution is 6.24. The fourth-order valence-corrected chi connectivity index (χ4v) is 1.86. The van der Waals surface area contributed by atoms with E-state index in [-0.39, 0.29) is 5.78 Å². The normalized spacial score (nSPS) is 15.6. The van der Waals surface area contributed by atoms with E-state index in [1.807, 2.05) is 24.3 Å². The Bertz CT molecular complexity index is 763. The second-order valence-electron chi connectivity index (χ2n) is 4.09. The third kappa shape index (κ3) is 2.20. The average Bonchev–Trinajstić information content (AvgIpc) is 2.87. The van der Waals surface area contributed by atoms with Crippen molar-refractivity contribution in [1.82, 2.24) is 0 Å². The van der Waals surface area contributed by atoms with Crippen LogP contribution in [-0.4, -0.2) is 12.9 Å². The zero-order valence-electron chi connectivity index (χ0n) is 10.3. The molecule has 94 valence electrons. The van der Waals surface area contributed by atoms with Crippen LogP contribution in [0.25, 0.3) is 18.2 Å². The van der Waals surface area contributed by atoms with Gasteiger partial charge in [-0.2, -0.15) is 0 Å². The van der Waals surface area contributed by atoms with Crippen molar-refractivity contribution in [2.24, 2.45) is 0 Å². The van der Waals surface area contributed by atoms with Gasteiger partial charge < -0.3 is 4.74 Å². The number of carbonyl (C=O) groups is 1. The maximum atomic E-state index is 11.9. The van der Waals surface area contributed by atoms with Gasteiger partial charge >= 0.3 is 17.3 Å². The van der Waals surface area contributed by atoms with E-state index in [4.69, 9.17) is 13.6 Å². The van der Waals surface area contributed by atoms with E-state index >= 15 is 0 Å². The second kappa shape index (κ2) is 4.57. The van der Waals surface area contributed by atoms with Crippen molar-refractivity contribution in [3.05, 3.63) is 52.7 Å². The third-order valence-electron chi connectivity index (χ3n) is 2.86. The predicted octanol–water partition coefficient (Wildman–Crippen LogP) is 1.39.